The lowest BCUT2D eigenvalue weighted by atomic mass is 10.2. The Hall–Kier alpha value is -2.72. The third kappa shape index (κ3) is 4.88. The first-order valence-electron chi connectivity index (χ1n) is 8.51. The number of hydrogen-bond acceptors (Lipinski definition) is 5. The average molecular weight is 459 g/mol. The molecule has 3 rings (SSSR count). The van der Waals surface area contributed by atoms with Crippen LogP contribution in [0.3, 0.4) is 0 Å². The Bertz CT molecular complexity index is 1060. The number of amides is 1. The van der Waals surface area contributed by atoms with E-state index in [2.05, 4.69) is 9.97 Å². The van der Waals surface area contributed by atoms with E-state index in [-0.39, 0.29) is 23.1 Å². The molecule has 0 saturated carbocycles. The van der Waals surface area contributed by atoms with Crippen LogP contribution < -0.4 is 9.80 Å². The number of pyridine rings is 1. The quantitative estimate of drug-likeness (QED) is 0.476. The fraction of sp³-hybridized carbons (Fsp3) is 0.211. The molecular weight excluding hydrogens is 444 g/mol. The molecule has 0 bridgehead atoms. The van der Waals surface area contributed by atoms with Gasteiger partial charge in [0, 0.05) is 30.0 Å². The highest BCUT2D eigenvalue weighted by atomic mass is 35.5. The van der Waals surface area contributed by atoms with Crippen molar-refractivity contribution < 1.29 is 22.4 Å². The SMILES string of the molecule is Cc1cc(C(F)(F)F)cc(N(CC(=O)N(C)c2ccc(F)c(Cl)c2)c2nccs2)n1. The summed E-state index contributed by atoms with van der Waals surface area (Å²) < 4.78 is 53.2. The fourth-order valence-corrected chi connectivity index (χ4v) is 3.45. The van der Waals surface area contributed by atoms with Crippen molar-refractivity contribution in [2.75, 3.05) is 23.4 Å². The maximum absolute atomic E-state index is 13.4. The standard InChI is InChI=1S/C19H15ClF4N4OS/c1-11-7-12(19(22,23)24)8-16(26-11)28(18-25-5-6-30-18)10-17(29)27(2)13-3-4-15(21)14(20)9-13/h3-9H,10H2,1-2H3. The Morgan fingerprint density at radius 3 is 2.57 bits per heavy atom. The number of likely N-dealkylation sites (N-methyl/N-ethyl adjacent to an activating group) is 1. The molecule has 0 atom stereocenters. The molecule has 2 heterocycles. The number of carbonyl (C=O) groups excluding carboxylic acids is 1. The lowest BCUT2D eigenvalue weighted by molar-refractivity contribution is -0.137. The zero-order valence-corrected chi connectivity index (χ0v) is 17.3. The summed E-state index contributed by atoms with van der Waals surface area (Å²) in [6, 6.07) is 5.58. The van der Waals surface area contributed by atoms with Crippen LogP contribution in [0.5, 0.6) is 0 Å². The molecule has 5 nitrogen and oxygen atoms in total. The van der Waals surface area contributed by atoms with E-state index >= 15 is 0 Å². The van der Waals surface area contributed by atoms with E-state index in [0.717, 1.165) is 29.5 Å². The molecule has 11 heteroatoms. The maximum Gasteiger partial charge on any atom is 0.416 e. The normalized spacial score (nSPS) is 11.4. The summed E-state index contributed by atoms with van der Waals surface area (Å²) in [5.41, 5.74) is -0.399. The molecule has 2 aromatic heterocycles. The van der Waals surface area contributed by atoms with Gasteiger partial charge in [0.1, 0.15) is 18.2 Å². The Morgan fingerprint density at radius 2 is 1.97 bits per heavy atom. The monoisotopic (exact) mass is 458 g/mol. The maximum atomic E-state index is 13.4. The van der Waals surface area contributed by atoms with E-state index in [1.807, 2.05) is 0 Å². The number of hydrogen-bond donors (Lipinski definition) is 0. The first kappa shape index (κ1) is 22.0. The largest absolute Gasteiger partial charge is 0.416 e. The molecule has 30 heavy (non-hydrogen) atoms. The number of rotatable bonds is 5. The van der Waals surface area contributed by atoms with Gasteiger partial charge in [0.05, 0.1) is 10.6 Å². The van der Waals surface area contributed by atoms with E-state index in [9.17, 15) is 22.4 Å². The van der Waals surface area contributed by atoms with Crippen molar-refractivity contribution in [3.63, 3.8) is 0 Å². The lowest BCUT2D eigenvalue weighted by Crippen LogP contribution is -2.37. The van der Waals surface area contributed by atoms with Gasteiger partial charge in [-0.3, -0.25) is 9.69 Å². The van der Waals surface area contributed by atoms with Gasteiger partial charge in [0.15, 0.2) is 5.13 Å². The van der Waals surface area contributed by atoms with Crippen LogP contribution in [-0.2, 0) is 11.0 Å². The molecule has 0 radical (unpaired) electrons. The van der Waals surface area contributed by atoms with Gasteiger partial charge in [-0.1, -0.05) is 11.6 Å². The second kappa shape index (κ2) is 8.57. The zero-order chi connectivity index (χ0) is 22.1. The summed E-state index contributed by atoms with van der Waals surface area (Å²) in [7, 11) is 1.46. The van der Waals surface area contributed by atoms with Crippen LogP contribution in [-0.4, -0.2) is 29.5 Å². The minimum Gasteiger partial charge on any atom is -0.314 e. The van der Waals surface area contributed by atoms with Crippen LogP contribution in [0.1, 0.15) is 11.3 Å². The Morgan fingerprint density at radius 1 is 1.23 bits per heavy atom. The zero-order valence-electron chi connectivity index (χ0n) is 15.7. The third-order valence-corrected chi connectivity index (χ3v) is 5.24. The average Bonchev–Trinajstić information content (AvgIpc) is 3.20. The van der Waals surface area contributed by atoms with Crippen LogP contribution in [0.4, 0.5) is 34.2 Å². The molecule has 0 unspecified atom stereocenters. The van der Waals surface area contributed by atoms with Gasteiger partial charge in [-0.25, -0.2) is 14.4 Å². The molecule has 0 saturated heterocycles. The minimum atomic E-state index is -4.57. The predicted octanol–water partition coefficient (Wildman–Crippen LogP) is 5.46. The van der Waals surface area contributed by atoms with Gasteiger partial charge < -0.3 is 4.90 Å². The van der Waals surface area contributed by atoms with Gasteiger partial charge in [-0.2, -0.15) is 13.2 Å². The molecule has 1 aromatic carbocycles. The van der Waals surface area contributed by atoms with Crippen LogP contribution >= 0.6 is 22.9 Å². The molecule has 0 N–H and O–H groups in total. The molecule has 3 aromatic rings. The van der Waals surface area contributed by atoms with E-state index in [0.29, 0.717) is 10.8 Å². The van der Waals surface area contributed by atoms with Gasteiger partial charge in [0.2, 0.25) is 5.91 Å². The van der Waals surface area contributed by atoms with Crippen LogP contribution in [0.25, 0.3) is 0 Å². The number of nitrogens with zero attached hydrogens (tertiary/aromatic N) is 4. The van der Waals surface area contributed by atoms with Gasteiger partial charge in [-0.05, 0) is 37.3 Å². The molecule has 158 valence electrons. The molecule has 0 aliphatic carbocycles. The minimum absolute atomic E-state index is 0.0591. The summed E-state index contributed by atoms with van der Waals surface area (Å²) in [6.07, 6.45) is -3.09. The van der Waals surface area contributed by atoms with E-state index in [1.165, 1.54) is 42.1 Å². The number of aromatic nitrogens is 2. The van der Waals surface area contributed by atoms with E-state index in [4.69, 9.17) is 11.6 Å². The van der Waals surface area contributed by atoms with Gasteiger partial charge in [-0.15, -0.1) is 11.3 Å². The van der Waals surface area contributed by atoms with Crippen molar-refractivity contribution in [2.24, 2.45) is 0 Å². The van der Waals surface area contributed by atoms with Gasteiger partial charge >= 0.3 is 6.18 Å². The van der Waals surface area contributed by atoms with Crippen molar-refractivity contribution in [1.29, 1.82) is 0 Å². The summed E-state index contributed by atoms with van der Waals surface area (Å²) >= 11 is 6.93. The summed E-state index contributed by atoms with van der Waals surface area (Å²) in [5, 5.41) is 1.79. The molecule has 0 fully saturated rings. The van der Waals surface area contributed by atoms with E-state index < -0.39 is 23.5 Å². The van der Waals surface area contributed by atoms with Crippen molar-refractivity contribution >= 4 is 45.5 Å². The highest BCUT2D eigenvalue weighted by Gasteiger charge is 2.32. The van der Waals surface area contributed by atoms with Crippen molar-refractivity contribution in [1.82, 2.24) is 9.97 Å². The lowest BCUT2D eigenvalue weighted by Gasteiger charge is -2.25. The van der Waals surface area contributed by atoms with Crippen LogP contribution in [0.15, 0.2) is 41.9 Å². The number of anilines is 3. The Labute approximate surface area is 178 Å². The van der Waals surface area contributed by atoms with Crippen molar-refractivity contribution in [2.45, 2.75) is 13.1 Å². The Kier molecular flexibility index (Phi) is 6.27. The second-order valence-corrected chi connectivity index (χ2v) is 7.59. The van der Waals surface area contributed by atoms with E-state index in [1.54, 1.807) is 5.38 Å². The first-order valence-corrected chi connectivity index (χ1v) is 9.76. The number of aryl methyl sites for hydroxylation is 1. The topological polar surface area (TPSA) is 49.3 Å². The molecule has 0 spiro atoms. The first-order chi connectivity index (χ1) is 14.1. The highest BCUT2D eigenvalue weighted by molar-refractivity contribution is 7.13. The number of benzene rings is 1. The highest BCUT2D eigenvalue weighted by Crippen LogP contribution is 2.34. The van der Waals surface area contributed by atoms with Gasteiger partial charge in [0.25, 0.3) is 0 Å². The number of alkyl halides is 3. The van der Waals surface area contributed by atoms with Crippen LogP contribution in [0, 0.1) is 12.7 Å². The van der Waals surface area contributed by atoms with Crippen LogP contribution in [0.2, 0.25) is 5.02 Å². The Balaban J connectivity index is 1.95. The fourth-order valence-electron chi connectivity index (χ4n) is 2.63. The molecular formula is C19H15ClF4N4OS. The van der Waals surface area contributed by atoms with Crippen molar-refractivity contribution in [3.8, 4) is 0 Å². The predicted molar refractivity (Wildman–Crippen MR) is 108 cm³/mol. The molecule has 1 amide bonds. The molecule has 0 aliphatic heterocycles. The smallest absolute Gasteiger partial charge is 0.314 e. The number of thiazole rings is 1. The summed E-state index contributed by atoms with van der Waals surface area (Å²) in [6.45, 7) is 1.10. The van der Waals surface area contributed by atoms with Crippen molar-refractivity contribution in [3.05, 3.63) is 64.0 Å². The molecule has 0 aliphatic rings. The summed E-state index contributed by atoms with van der Waals surface area (Å²) in [5.74, 6) is -1.17. The number of halogens is 5. The third-order valence-electron chi connectivity index (χ3n) is 4.15. The number of carbonyl (C=O) groups is 1. The summed E-state index contributed by atoms with van der Waals surface area (Å²) in [4.78, 5) is 23.7. The second-order valence-electron chi connectivity index (χ2n) is 6.31.